The summed E-state index contributed by atoms with van der Waals surface area (Å²) in [5, 5.41) is 0. The van der Waals surface area contributed by atoms with Crippen LogP contribution in [0.1, 0.15) is 79.1 Å². The normalized spacial score (nSPS) is 21.5. The molecule has 4 fully saturated rings. The van der Waals surface area contributed by atoms with Crippen molar-refractivity contribution in [2.24, 2.45) is 0 Å². The highest BCUT2D eigenvalue weighted by molar-refractivity contribution is 5.54. The molecule has 4 aliphatic rings. The van der Waals surface area contributed by atoms with E-state index in [9.17, 15) is 0 Å². The van der Waals surface area contributed by atoms with Gasteiger partial charge in [0.05, 0.1) is 48.0 Å². The Labute approximate surface area is 355 Å². The molecule has 3 atom stereocenters. The Bertz CT molecular complexity index is 2360. The smallest absolute Gasteiger partial charge is 0.141 e. The summed E-state index contributed by atoms with van der Waals surface area (Å²) in [6.45, 7) is 16.1. The van der Waals surface area contributed by atoms with Gasteiger partial charge in [0.1, 0.15) is 28.7 Å². The first-order chi connectivity index (χ1) is 29.3. The summed E-state index contributed by atoms with van der Waals surface area (Å²) in [6, 6.07) is 22.0. The van der Waals surface area contributed by atoms with Crippen LogP contribution in [0.25, 0.3) is 11.3 Å². The van der Waals surface area contributed by atoms with Crippen LogP contribution >= 0.6 is 0 Å². The lowest BCUT2D eigenvalue weighted by Gasteiger charge is -2.34. The van der Waals surface area contributed by atoms with Gasteiger partial charge in [-0.15, -0.1) is 0 Å². The predicted molar refractivity (Wildman–Crippen MR) is 239 cm³/mol. The predicted octanol–water partition coefficient (Wildman–Crippen LogP) is 6.51. The van der Waals surface area contributed by atoms with Crippen LogP contribution in [0.4, 0.5) is 11.6 Å². The Balaban J connectivity index is 0.000000154. The van der Waals surface area contributed by atoms with Crippen LogP contribution in [-0.4, -0.2) is 135 Å². The lowest BCUT2D eigenvalue weighted by atomic mass is 10.0. The number of hydrogen-bond acceptors (Lipinski definition) is 11. The first-order valence-corrected chi connectivity index (χ1v) is 22.1. The van der Waals surface area contributed by atoms with Crippen LogP contribution in [0.2, 0.25) is 0 Å². The van der Waals surface area contributed by atoms with Gasteiger partial charge in [-0.25, -0.2) is 9.97 Å². The van der Waals surface area contributed by atoms with Crippen molar-refractivity contribution in [1.82, 2.24) is 48.3 Å². The van der Waals surface area contributed by atoms with Crippen molar-refractivity contribution in [3.05, 3.63) is 114 Å². The number of imidazole rings is 2. The Morgan fingerprint density at radius 3 is 1.92 bits per heavy atom. The summed E-state index contributed by atoms with van der Waals surface area (Å²) >= 11 is 0. The number of anilines is 2. The molecule has 316 valence electrons. The number of ether oxygens (including phenoxy) is 1. The Morgan fingerprint density at radius 1 is 0.650 bits per heavy atom. The van der Waals surface area contributed by atoms with E-state index in [1.165, 1.54) is 42.2 Å². The summed E-state index contributed by atoms with van der Waals surface area (Å²) in [4.78, 5) is 34.2. The minimum absolute atomic E-state index is 0.263. The second kappa shape index (κ2) is 17.9. The van der Waals surface area contributed by atoms with Crippen molar-refractivity contribution in [3.63, 3.8) is 0 Å². The summed E-state index contributed by atoms with van der Waals surface area (Å²) in [6.07, 6.45) is 12.9. The zero-order valence-electron chi connectivity index (χ0n) is 36.2. The molecule has 13 heteroatoms. The maximum absolute atomic E-state index is 5.58. The van der Waals surface area contributed by atoms with E-state index in [-0.39, 0.29) is 12.1 Å². The number of aryl methyl sites for hydroxylation is 1. The minimum atomic E-state index is 0.263. The number of nitrogens with zero attached hydrogens (tertiary/aromatic N) is 12. The molecule has 4 saturated heterocycles. The van der Waals surface area contributed by atoms with E-state index in [2.05, 4.69) is 126 Å². The summed E-state index contributed by atoms with van der Waals surface area (Å²) < 4.78 is 10.1. The van der Waals surface area contributed by atoms with Crippen molar-refractivity contribution in [1.29, 1.82) is 0 Å². The maximum Gasteiger partial charge on any atom is 0.141 e. The third kappa shape index (κ3) is 8.32. The first kappa shape index (κ1) is 40.3. The second-order valence-electron chi connectivity index (χ2n) is 17.2. The molecule has 0 aliphatic carbocycles. The monoisotopic (exact) mass is 811 g/mol. The number of likely N-dealkylation sites (N-methyl/N-ethyl adjacent to an activating group) is 2. The number of rotatable bonds is 9. The molecule has 0 spiro atoms. The molecular weight excluding hydrogens is 749 g/mol. The molecule has 10 rings (SSSR count). The highest BCUT2D eigenvalue weighted by atomic mass is 16.5. The fourth-order valence-corrected chi connectivity index (χ4v) is 9.85. The topological polar surface area (TPSA) is 89.0 Å². The number of pyridine rings is 4. The average molecular weight is 811 g/mol. The number of aromatic nitrogens is 6. The molecule has 0 bridgehead atoms. The maximum atomic E-state index is 5.58. The Kier molecular flexibility index (Phi) is 12.0. The summed E-state index contributed by atoms with van der Waals surface area (Å²) in [5.74, 6) is 3.37. The minimum Gasteiger partial charge on any atom is -0.495 e. The molecular formula is C47H62N12O. The van der Waals surface area contributed by atoms with Gasteiger partial charge < -0.3 is 24.3 Å². The zero-order valence-corrected chi connectivity index (χ0v) is 36.2. The molecule has 0 N–H and O–H groups in total. The SMILES string of the molecule is COc1cccnc1C1CCCN1Cc1cn2c(N3CCN(C)CC3)cccc2n1.Cc1cccnc1C1CCCN1C(C)c1cn2c(N3CCN(C)CC3)cccc2n1. The van der Waals surface area contributed by atoms with Crippen LogP contribution in [0.5, 0.6) is 5.75 Å². The van der Waals surface area contributed by atoms with Gasteiger partial charge in [-0.1, -0.05) is 18.2 Å². The molecule has 0 amide bonds. The van der Waals surface area contributed by atoms with Crippen LogP contribution in [0.3, 0.4) is 0 Å². The van der Waals surface area contributed by atoms with Crippen LogP contribution in [0, 0.1) is 6.92 Å². The van der Waals surface area contributed by atoms with Gasteiger partial charge in [0, 0.05) is 83.7 Å². The first-order valence-electron chi connectivity index (χ1n) is 22.1. The van der Waals surface area contributed by atoms with Gasteiger partial charge in [0.15, 0.2) is 0 Å². The van der Waals surface area contributed by atoms with E-state index in [0.29, 0.717) is 6.04 Å². The lowest BCUT2D eigenvalue weighted by molar-refractivity contribution is 0.187. The van der Waals surface area contributed by atoms with Crippen LogP contribution in [-0.2, 0) is 6.54 Å². The molecule has 60 heavy (non-hydrogen) atoms. The van der Waals surface area contributed by atoms with Gasteiger partial charge in [0.2, 0.25) is 0 Å². The number of piperazine rings is 2. The quantitative estimate of drug-likeness (QED) is 0.160. The number of likely N-dealkylation sites (tertiary alicyclic amines) is 2. The van der Waals surface area contributed by atoms with E-state index in [4.69, 9.17) is 19.7 Å². The Hall–Kier alpha value is -5.08. The molecule has 0 saturated carbocycles. The van der Waals surface area contributed by atoms with Crippen molar-refractivity contribution in [2.75, 3.05) is 96.5 Å². The highest BCUT2D eigenvalue weighted by Gasteiger charge is 2.34. The summed E-state index contributed by atoms with van der Waals surface area (Å²) in [5.41, 5.74) is 7.87. The van der Waals surface area contributed by atoms with Crippen LogP contribution in [0.15, 0.2) is 85.5 Å². The van der Waals surface area contributed by atoms with Gasteiger partial charge >= 0.3 is 0 Å². The fourth-order valence-electron chi connectivity index (χ4n) is 9.85. The largest absolute Gasteiger partial charge is 0.495 e. The van der Waals surface area contributed by atoms with Gasteiger partial charge in [0.25, 0.3) is 0 Å². The van der Waals surface area contributed by atoms with E-state index in [1.54, 1.807) is 7.11 Å². The van der Waals surface area contributed by atoms with E-state index >= 15 is 0 Å². The average Bonchev–Trinajstić information content (AvgIpc) is 4.11. The molecule has 13 nitrogen and oxygen atoms in total. The van der Waals surface area contributed by atoms with Crippen molar-refractivity contribution in [2.45, 2.75) is 64.2 Å². The second-order valence-corrected chi connectivity index (χ2v) is 17.2. The van der Waals surface area contributed by atoms with Crippen molar-refractivity contribution in [3.8, 4) is 5.75 Å². The van der Waals surface area contributed by atoms with Gasteiger partial charge in [-0.2, -0.15) is 0 Å². The molecule has 0 aromatic carbocycles. The van der Waals surface area contributed by atoms with Gasteiger partial charge in [-0.05, 0) is 115 Å². The van der Waals surface area contributed by atoms with Crippen molar-refractivity contribution >= 4 is 22.9 Å². The lowest BCUT2D eigenvalue weighted by Crippen LogP contribution is -2.45. The fraction of sp³-hybridized carbons (Fsp3) is 0.489. The molecule has 0 radical (unpaired) electrons. The number of hydrogen-bond donors (Lipinski definition) is 0. The standard InChI is InChI=1S/C24H32N6.C23H30N6O/c1-18-7-5-11-25-24(18)21-8-6-12-29(21)19(2)20-17-30-22(26-20)9-4-10-23(30)28-15-13-27(3)14-16-28;1-26-12-14-27(15-13-26)22-9-3-8-21-25-18(17-29(21)22)16-28-11-5-6-19(28)23-20(30-2)7-4-10-24-23/h4-5,7,9-11,17,19,21H,6,8,12-16H2,1-3H3;3-4,7-10,17,19H,5-6,11-16H2,1-2H3. The Morgan fingerprint density at radius 2 is 1.25 bits per heavy atom. The van der Waals surface area contributed by atoms with E-state index in [1.807, 2.05) is 30.6 Å². The van der Waals surface area contributed by atoms with Gasteiger partial charge in [-0.3, -0.25) is 28.6 Å². The third-order valence-electron chi connectivity index (χ3n) is 13.3. The third-order valence-corrected chi connectivity index (χ3v) is 13.3. The summed E-state index contributed by atoms with van der Waals surface area (Å²) in [7, 11) is 6.11. The molecule has 6 aromatic heterocycles. The molecule has 3 unspecified atom stereocenters. The molecule has 10 heterocycles. The number of methoxy groups -OCH3 is 1. The van der Waals surface area contributed by atoms with E-state index in [0.717, 1.165) is 113 Å². The van der Waals surface area contributed by atoms with Crippen LogP contribution < -0.4 is 14.5 Å². The zero-order chi connectivity index (χ0) is 41.2. The highest BCUT2D eigenvalue weighted by Crippen LogP contribution is 2.39. The molecule has 6 aromatic rings. The number of fused-ring (bicyclic) bond motifs is 2. The van der Waals surface area contributed by atoms with Crippen molar-refractivity contribution < 1.29 is 4.74 Å². The molecule has 4 aliphatic heterocycles. The van der Waals surface area contributed by atoms with E-state index < -0.39 is 0 Å².